The van der Waals surface area contributed by atoms with Gasteiger partial charge in [-0.05, 0) is 45.7 Å². The molecule has 2 amide bonds. The summed E-state index contributed by atoms with van der Waals surface area (Å²) < 4.78 is 17.8. The van der Waals surface area contributed by atoms with Crippen molar-refractivity contribution in [2.45, 2.75) is 44.6 Å². The largest absolute Gasteiger partial charge is 0.507 e. The molecule has 2 atom stereocenters. The molecular formula is C42H38ClN3O6. The molecule has 0 fully saturated rings. The first-order chi connectivity index (χ1) is 25.4. The maximum Gasteiger partial charge on any atom is 0.257 e. The smallest absolute Gasteiger partial charge is 0.257 e. The molecule has 5 aromatic rings. The van der Waals surface area contributed by atoms with Crippen molar-refractivity contribution in [1.82, 2.24) is 4.90 Å². The van der Waals surface area contributed by atoms with Crippen LogP contribution in [-0.2, 0) is 35.7 Å². The Hall–Kier alpha value is -5.38. The zero-order valence-electron chi connectivity index (χ0n) is 28.8. The Morgan fingerprint density at radius 2 is 1.69 bits per heavy atom. The topological polar surface area (TPSA) is 101 Å². The zero-order valence-corrected chi connectivity index (χ0v) is 29.5. The van der Waals surface area contributed by atoms with Crippen molar-refractivity contribution in [1.29, 1.82) is 0 Å². The van der Waals surface area contributed by atoms with Gasteiger partial charge in [0.2, 0.25) is 5.91 Å². The number of phenols is 1. The van der Waals surface area contributed by atoms with Gasteiger partial charge in [-0.25, -0.2) is 0 Å². The summed E-state index contributed by atoms with van der Waals surface area (Å²) in [5, 5.41) is 12.4. The van der Waals surface area contributed by atoms with Gasteiger partial charge in [-0.15, -0.1) is 11.6 Å². The summed E-state index contributed by atoms with van der Waals surface area (Å²) in [6, 6.07) is 28.8. The van der Waals surface area contributed by atoms with Gasteiger partial charge in [-0.1, -0.05) is 72.8 Å². The predicted molar refractivity (Wildman–Crippen MR) is 201 cm³/mol. The minimum atomic E-state index is -0.122. The SMILES string of the molecule is COc1cc2c(cc1OCc1cccc(COCCC(=O)N3C[C@@H](CCl)c4c3cc(O)c3ccccc43)c1)N=C[C@@H]1Cc3ccccc3CN1C2=O. The number of rotatable bonds is 10. The number of anilines is 1. The van der Waals surface area contributed by atoms with Crippen molar-refractivity contribution in [3.05, 3.63) is 124 Å². The van der Waals surface area contributed by atoms with Gasteiger partial charge in [-0.2, -0.15) is 0 Å². The van der Waals surface area contributed by atoms with E-state index in [0.29, 0.717) is 54.0 Å². The molecule has 0 saturated carbocycles. The number of hydrogen-bond acceptors (Lipinski definition) is 7. The van der Waals surface area contributed by atoms with Gasteiger partial charge < -0.3 is 29.1 Å². The average Bonchev–Trinajstić information content (AvgIpc) is 3.50. The highest BCUT2D eigenvalue weighted by atomic mass is 35.5. The Bertz CT molecular complexity index is 2220. The van der Waals surface area contributed by atoms with Crippen LogP contribution in [0, 0.1) is 0 Å². The van der Waals surface area contributed by atoms with Crippen molar-refractivity contribution in [2.75, 3.05) is 31.0 Å². The first-order valence-corrected chi connectivity index (χ1v) is 18.0. The van der Waals surface area contributed by atoms with Crippen molar-refractivity contribution < 1.29 is 28.9 Å². The van der Waals surface area contributed by atoms with E-state index in [1.54, 1.807) is 30.2 Å². The fourth-order valence-electron chi connectivity index (χ4n) is 7.57. The summed E-state index contributed by atoms with van der Waals surface area (Å²) in [5.41, 5.74) is 7.02. The number of amides is 2. The standard InChI is InChI=1S/C42H38ClN3O6/c1-50-38-17-34-35(44-21-31-16-28-9-2-3-10-29(28)22-45(31)42(34)49)18-39(38)52-25-27-8-6-7-26(15-27)24-51-14-13-40(48)46-23-30(20-43)41-33-12-5-4-11-32(33)37(47)19-36(41)46/h2-12,15,17-19,21,30-31,47H,13-14,16,20,22-25H2,1H3/t30-,31+/m1/s1. The van der Waals surface area contributed by atoms with Crippen LogP contribution in [0.1, 0.15) is 50.5 Å². The number of aromatic hydroxyl groups is 1. The molecule has 264 valence electrons. The van der Waals surface area contributed by atoms with Crippen LogP contribution in [0.3, 0.4) is 0 Å². The highest BCUT2D eigenvalue weighted by Gasteiger charge is 2.35. The first-order valence-electron chi connectivity index (χ1n) is 17.4. The normalized spacial score (nSPS) is 17.3. The molecule has 10 heteroatoms. The lowest BCUT2D eigenvalue weighted by Crippen LogP contribution is -2.44. The van der Waals surface area contributed by atoms with Crippen LogP contribution in [0.5, 0.6) is 17.2 Å². The van der Waals surface area contributed by atoms with Crippen LogP contribution in [0.4, 0.5) is 11.4 Å². The molecule has 1 N–H and O–H groups in total. The predicted octanol–water partition coefficient (Wildman–Crippen LogP) is 7.69. The maximum atomic E-state index is 13.7. The summed E-state index contributed by atoms with van der Waals surface area (Å²) in [6.07, 6.45) is 2.78. The number of carbonyl (C=O) groups excluding carboxylic acids is 2. The van der Waals surface area contributed by atoms with E-state index in [4.69, 9.17) is 30.8 Å². The van der Waals surface area contributed by atoms with Crippen molar-refractivity contribution in [2.24, 2.45) is 4.99 Å². The van der Waals surface area contributed by atoms with Gasteiger partial charge in [0.05, 0.1) is 49.7 Å². The molecule has 5 aromatic carbocycles. The lowest BCUT2D eigenvalue weighted by Gasteiger charge is -2.34. The monoisotopic (exact) mass is 715 g/mol. The van der Waals surface area contributed by atoms with Crippen LogP contribution < -0.4 is 14.4 Å². The molecule has 0 bridgehead atoms. The Morgan fingerprint density at radius 3 is 2.50 bits per heavy atom. The highest BCUT2D eigenvalue weighted by molar-refractivity contribution is 6.19. The number of ether oxygens (including phenoxy) is 3. The number of fused-ring (bicyclic) bond motifs is 6. The van der Waals surface area contributed by atoms with E-state index >= 15 is 0 Å². The van der Waals surface area contributed by atoms with Gasteiger partial charge in [0.15, 0.2) is 11.5 Å². The molecule has 3 heterocycles. The molecule has 3 aliphatic rings. The number of methoxy groups -OCH3 is 1. The fourth-order valence-corrected chi connectivity index (χ4v) is 7.82. The van der Waals surface area contributed by atoms with Crippen LogP contribution in [0.2, 0.25) is 0 Å². The number of benzene rings is 5. The maximum absolute atomic E-state index is 13.7. The molecule has 0 unspecified atom stereocenters. The molecule has 0 aliphatic carbocycles. The van der Waals surface area contributed by atoms with E-state index in [-0.39, 0.29) is 49.2 Å². The summed E-state index contributed by atoms with van der Waals surface area (Å²) in [5.74, 6) is 1.31. The fraction of sp³-hybridized carbons (Fsp3) is 0.262. The van der Waals surface area contributed by atoms with E-state index in [1.807, 2.05) is 71.8 Å². The molecule has 0 aromatic heterocycles. The zero-order chi connectivity index (χ0) is 35.8. The van der Waals surface area contributed by atoms with Crippen LogP contribution >= 0.6 is 11.6 Å². The number of nitrogens with zero attached hydrogens (tertiary/aromatic N) is 3. The Kier molecular flexibility index (Phi) is 9.30. The van der Waals surface area contributed by atoms with Crippen LogP contribution in [0.15, 0.2) is 96.0 Å². The second-order valence-electron chi connectivity index (χ2n) is 13.4. The third kappa shape index (κ3) is 6.35. The van der Waals surface area contributed by atoms with E-state index in [0.717, 1.165) is 39.4 Å². The minimum absolute atomic E-state index is 0.0150. The van der Waals surface area contributed by atoms with Crippen LogP contribution in [-0.4, -0.2) is 60.2 Å². The van der Waals surface area contributed by atoms with E-state index in [2.05, 4.69) is 12.1 Å². The Balaban J connectivity index is 0.890. The average molecular weight is 716 g/mol. The van der Waals surface area contributed by atoms with Gasteiger partial charge in [0, 0.05) is 48.6 Å². The summed E-state index contributed by atoms with van der Waals surface area (Å²) in [4.78, 5) is 35.4. The van der Waals surface area contributed by atoms with Gasteiger partial charge in [0.1, 0.15) is 12.4 Å². The molecule has 0 spiro atoms. The van der Waals surface area contributed by atoms with Gasteiger partial charge in [-0.3, -0.25) is 14.6 Å². The van der Waals surface area contributed by atoms with Crippen molar-refractivity contribution >= 4 is 51.8 Å². The highest BCUT2D eigenvalue weighted by Crippen LogP contribution is 2.45. The van der Waals surface area contributed by atoms with Gasteiger partial charge >= 0.3 is 0 Å². The Morgan fingerprint density at radius 1 is 0.923 bits per heavy atom. The van der Waals surface area contributed by atoms with Crippen molar-refractivity contribution in [3.8, 4) is 17.2 Å². The number of phenolic OH excluding ortho intramolecular Hbond substituents is 1. The molecule has 8 rings (SSSR count). The van der Waals surface area contributed by atoms with E-state index in [9.17, 15) is 14.7 Å². The minimum Gasteiger partial charge on any atom is -0.507 e. The van der Waals surface area contributed by atoms with Gasteiger partial charge in [0.25, 0.3) is 5.91 Å². The molecule has 3 aliphatic heterocycles. The number of carbonyl (C=O) groups is 2. The molecule has 0 saturated heterocycles. The Labute approximate surface area is 307 Å². The lowest BCUT2D eigenvalue weighted by molar-refractivity contribution is -0.119. The lowest BCUT2D eigenvalue weighted by atomic mass is 9.94. The van der Waals surface area contributed by atoms with Crippen molar-refractivity contribution in [3.63, 3.8) is 0 Å². The number of hydrogen-bond donors (Lipinski definition) is 1. The first kappa shape index (κ1) is 33.7. The second-order valence-corrected chi connectivity index (χ2v) is 13.7. The summed E-state index contributed by atoms with van der Waals surface area (Å²) in [7, 11) is 1.56. The molecule has 9 nitrogen and oxygen atoms in total. The number of alkyl halides is 1. The molecule has 0 radical (unpaired) electrons. The quantitative estimate of drug-likeness (QED) is 0.118. The second kappa shape index (κ2) is 14.3. The van der Waals surface area contributed by atoms with E-state index < -0.39 is 0 Å². The summed E-state index contributed by atoms with van der Waals surface area (Å²) >= 11 is 6.34. The number of halogens is 1. The summed E-state index contributed by atoms with van der Waals surface area (Å²) in [6.45, 7) is 1.84. The third-order valence-corrected chi connectivity index (χ3v) is 10.6. The molecular weight excluding hydrogens is 678 g/mol. The molecule has 52 heavy (non-hydrogen) atoms. The third-order valence-electron chi connectivity index (χ3n) is 10.2. The van der Waals surface area contributed by atoms with Crippen LogP contribution in [0.25, 0.3) is 10.8 Å². The number of aliphatic imine (C=N–C) groups is 1. The van der Waals surface area contributed by atoms with E-state index in [1.165, 1.54) is 5.56 Å².